The van der Waals surface area contributed by atoms with Crippen LogP contribution in [0.5, 0.6) is 0 Å². The molecule has 5 nitrogen and oxygen atoms in total. The number of aliphatic carboxylic acids is 1. The lowest BCUT2D eigenvalue weighted by Gasteiger charge is -2.19. The highest BCUT2D eigenvalue weighted by Crippen LogP contribution is 2.17. The first-order valence-corrected chi connectivity index (χ1v) is 10.5. The summed E-state index contributed by atoms with van der Waals surface area (Å²) >= 11 is 0. The van der Waals surface area contributed by atoms with Crippen molar-refractivity contribution in [2.45, 2.75) is 84.2 Å². The van der Waals surface area contributed by atoms with Crippen LogP contribution < -0.4 is 5.32 Å². The van der Waals surface area contributed by atoms with E-state index >= 15 is 0 Å². The van der Waals surface area contributed by atoms with Crippen LogP contribution in [0.25, 0.3) is 0 Å². The second kappa shape index (κ2) is 13.2. The summed E-state index contributed by atoms with van der Waals surface area (Å²) in [6, 6.07) is 9.85. The molecule has 1 rings (SSSR count). The second-order valence-corrected chi connectivity index (χ2v) is 8.42. The van der Waals surface area contributed by atoms with Gasteiger partial charge in [0.15, 0.2) is 0 Å². The van der Waals surface area contributed by atoms with Gasteiger partial charge in [-0.15, -0.1) is 0 Å². The maximum atomic E-state index is 11.5. The van der Waals surface area contributed by atoms with E-state index in [-0.39, 0.29) is 12.0 Å². The lowest BCUT2D eigenvalue weighted by Crippen LogP contribution is -2.32. The van der Waals surface area contributed by atoms with Crippen LogP contribution in [-0.2, 0) is 16.0 Å². The second-order valence-electron chi connectivity index (χ2n) is 8.42. The molecule has 0 aliphatic heterocycles. The van der Waals surface area contributed by atoms with Gasteiger partial charge in [0, 0.05) is 6.54 Å². The van der Waals surface area contributed by atoms with Gasteiger partial charge in [0.2, 0.25) is 0 Å². The van der Waals surface area contributed by atoms with Crippen molar-refractivity contribution in [2.24, 2.45) is 5.92 Å². The van der Waals surface area contributed by atoms with Gasteiger partial charge in [-0.25, -0.2) is 4.79 Å². The number of hydrogen-bond donors (Lipinski definition) is 2. The van der Waals surface area contributed by atoms with Gasteiger partial charge in [0.1, 0.15) is 5.60 Å². The third-order valence-corrected chi connectivity index (χ3v) is 4.57. The Balaban J connectivity index is 2.01. The maximum absolute atomic E-state index is 11.5. The molecule has 1 aromatic rings. The third-order valence-electron chi connectivity index (χ3n) is 4.57. The number of unbranched alkanes of at least 4 members (excludes halogenated alkanes) is 6. The van der Waals surface area contributed by atoms with E-state index in [9.17, 15) is 14.7 Å². The van der Waals surface area contributed by atoms with Crippen molar-refractivity contribution in [3.8, 4) is 0 Å². The zero-order valence-electron chi connectivity index (χ0n) is 17.7. The first kappa shape index (κ1) is 24.0. The first-order chi connectivity index (χ1) is 13.3. The summed E-state index contributed by atoms with van der Waals surface area (Å²) in [6.45, 7) is 6.21. The molecule has 0 unspecified atom stereocenters. The zero-order chi connectivity index (χ0) is 20.8. The number of alkyl carbamates (subject to hydrolysis) is 1. The Bertz CT molecular complexity index is 566. The normalized spacial score (nSPS) is 12.4. The van der Waals surface area contributed by atoms with Crippen LogP contribution in [0.2, 0.25) is 0 Å². The lowest BCUT2D eigenvalue weighted by atomic mass is 9.93. The topological polar surface area (TPSA) is 75.6 Å². The van der Waals surface area contributed by atoms with E-state index in [1.165, 1.54) is 0 Å². The number of carboxylic acid groups (broad SMARTS) is 1. The Morgan fingerprint density at radius 3 is 2.11 bits per heavy atom. The standard InChI is InChI=1S/C23H37NO4/c1-23(2,3)28-22(27)24-17-13-8-6-4-5-7-12-16-20(21(25)26)18-19-14-10-9-11-15-19/h9-11,14-15,20H,4-8,12-13,16-18H2,1-3H3,(H,24,27)(H,25,26)/t20-/m0/s1. The number of hydrogen-bond acceptors (Lipinski definition) is 3. The highest BCUT2D eigenvalue weighted by atomic mass is 16.6. The predicted octanol–water partition coefficient (Wildman–Crippen LogP) is 5.58. The van der Waals surface area contributed by atoms with Gasteiger partial charge >= 0.3 is 12.1 Å². The van der Waals surface area contributed by atoms with Crippen LogP contribution >= 0.6 is 0 Å². The largest absolute Gasteiger partial charge is 0.481 e. The van der Waals surface area contributed by atoms with E-state index in [0.717, 1.165) is 56.9 Å². The summed E-state index contributed by atoms with van der Waals surface area (Å²) in [5, 5.41) is 12.2. The Labute approximate surface area is 169 Å². The molecule has 0 radical (unpaired) electrons. The molecule has 158 valence electrons. The van der Waals surface area contributed by atoms with E-state index in [1.54, 1.807) is 0 Å². The molecule has 0 aliphatic rings. The molecule has 0 saturated heterocycles. The number of benzene rings is 1. The van der Waals surface area contributed by atoms with Gasteiger partial charge in [-0.3, -0.25) is 4.79 Å². The molecule has 0 heterocycles. The van der Waals surface area contributed by atoms with Crippen molar-refractivity contribution < 1.29 is 19.4 Å². The van der Waals surface area contributed by atoms with Gasteiger partial charge in [-0.05, 0) is 45.6 Å². The smallest absolute Gasteiger partial charge is 0.407 e. The fraction of sp³-hybridized carbons (Fsp3) is 0.652. The van der Waals surface area contributed by atoms with Crippen LogP contribution in [0.3, 0.4) is 0 Å². The Morgan fingerprint density at radius 2 is 1.54 bits per heavy atom. The van der Waals surface area contributed by atoms with Gasteiger partial charge in [0.05, 0.1) is 5.92 Å². The molecule has 28 heavy (non-hydrogen) atoms. The minimum atomic E-state index is -0.693. The third kappa shape index (κ3) is 12.4. The van der Waals surface area contributed by atoms with Crippen LogP contribution in [0, 0.1) is 5.92 Å². The number of carbonyl (C=O) groups excluding carboxylic acids is 1. The van der Waals surface area contributed by atoms with E-state index < -0.39 is 11.6 Å². The molecule has 0 bridgehead atoms. The molecule has 5 heteroatoms. The average molecular weight is 392 g/mol. The number of rotatable bonds is 13. The molecular formula is C23H37NO4. The van der Waals surface area contributed by atoms with E-state index in [2.05, 4.69) is 5.32 Å². The Hall–Kier alpha value is -2.04. The number of amides is 1. The Morgan fingerprint density at radius 1 is 0.964 bits per heavy atom. The summed E-state index contributed by atoms with van der Waals surface area (Å²) in [5.41, 5.74) is 0.639. The monoisotopic (exact) mass is 391 g/mol. The van der Waals surface area contributed by atoms with Crippen molar-refractivity contribution in [1.82, 2.24) is 5.32 Å². The van der Waals surface area contributed by atoms with Gasteiger partial charge < -0.3 is 15.2 Å². The average Bonchev–Trinajstić information content (AvgIpc) is 2.61. The summed E-state index contributed by atoms with van der Waals surface area (Å²) in [4.78, 5) is 23.0. The van der Waals surface area contributed by atoms with Gasteiger partial charge in [-0.2, -0.15) is 0 Å². The number of nitrogens with one attached hydrogen (secondary N) is 1. The molecule has 0 aliphatic carbocycles. The fourth-order valence-corrected chi connectivity index (χ4v) is 3.12. The number of carbonyl (C=O) groups is 2. The molecule has 1 atom stereocenters. The van der Waals surface area contributed by atoms with Crippen molar-refractivity contribution in [3.63, 3.8) is 0 Å². The summed E-state index contributed by atoms with van der Waals surface area (Å²) < 4.78 is 5.19. The van der Waals surface area contributed by atoms with E-state index in [0.29, 0.717) is 13.0 Å². The maximum Gasteiger partial charge on any atom is 0.407 e. The summed E-state index contributed by atoms with van der Waals surface area (Å²) in [5.74, 6) is -0.984. The van der Waals surface area contributed by atoms with Crippen molar-refractivity contribution in [2.75, 3.05) is 6.54 Å². The SMILES string of the molecule is CC(C)(C)OC(=O)NCCCCCCCCC[C@@H](Cc1ccccc1)C(=O)O. The highest BCUT2D eigenvalue weighted by Gasteiger charge is 2.17. The lowest BCUT2D eigenvalue weighted by molar-refractivity contribution is -0.142. The molecule has 0 spiro atoms. The molecule has 1 amide bonds. The molecule has 0 fully saturated rings. The van der Waals surface area contributed by atoms with Crippen LogP contribution in [0.4, 0.5) is 4.79 Å². The van der Waals surface area contributed by atoms with E-state index in [4.69, 9.17) is 4.74 Å². The van der Waals surface area contributed by atoms with Crippen molar-refractivity contribution in [1.29, 1.82) is 0 Å². The summed E-state index contributed by atoms with van der Waals surface area (Å²) in [7, 11) is 0. The summed E-state index contributed by atoms with van der Waals surface area (Å²) in [6.07, 6.45) is 8.52. The Kier molecular flexibility index (Phi) is 11.3. The van der Waals surface area contributed by atoms with Crippen molar-refractivity contribution >= 4 is 12.1 Å². The van der Waals surface area contributed by atoms with Crippen molar-refractivity contribution in [3.05, 3.63) is 35.9 Å². The minimum absolute atomic E-state index is 0.290. The first-order valence-electron chi connectivity index (χ1n) is 10.5. The van der Waals surface area contributed by atoms with Crippen LogP contribution in [0.15, 0.2) is 30.3 Å². The molecule has 0 aromatic heterocycles. The van der Waals surface area contributed by atoms with Crippen LogP contribution in [-0.4, -0.2) is 29.3 Å². The zero-order valence-corrected chi connectivity index (χ0v) is 17.7. The molecule has 0 saturated carbocycles. The number of ether oxygens (including phenoxy) is 1. The fourth-order valence-electron chi connectivity index (χ4n) is 3.12. The minimum Gasteiger partial charge on any atom is -0.481 e. The molecule has 1 aromatic carbocycles. The molecule has 2 N–H and O–H groups in total. The molecular weight excluding hydrogens is 354 g/mol. The van der Waals surface area contributed by atoms with E-state index in [1.807, 2.05) is 51.1 Å². The predicted molar refractivity (Wildman–Crippen MR) is 112 cm³/mol. The van der Waals surface area contributed by atoms with Gasteiger partial charge in [0.25, 0.3) is 0 Å². The number of carboxylic acids is 1. The van der Waals surface area contributed by atoms with Gasteiger partial charge in [-0.1, -0.05) is 68.9 Å². The van der Waals surface area contributed by atoms with Crippen LogP contribution in [0.1, 0.15) is 77.7 Å². The quantitative estimate of drug-likeness (QED) is 0.431. The highest BCUT2D eigenvalue weighted by molar-refractivity contribution is 5.70.